The van der Waals surface area contributed by atoms with Gasteiger partial charge in [-0.15, -0.1) is 0 Å². The van der Waals surface area contributed by atoms with E-state index >= 15 is 0 Å². The maximum Gasteiger partial charge on any atom is 0.639 e. The van der Waals surface area contributed by atoms with Crippen molar-refractivity contribution in [3.63, 3.8) is 0 Å². The van der Waals surface area contributed by atoms with Crippen molar-refractivity contribution >= 4 is 17.4 Å². The highest BCUT2D eigenvalue weighted by Crippen LogP contribution is 2.05. The van der Waals surface area contributed by atoms with Crippen LogP contribution in [0.15, 0.2) is 35.2 Å². The summed E-state index contributed by atoms with van der Waals surface area (Å²) < 4.78 is 45.5. The molecular weight excluding hydrogens is 319 g/mol. The summed E-state index contributed by atoms with van der Waals surface area (Å²) >= 11 is 0. The minimum absolute atomic E-state index is 0.0741. The third kappa shape index (κ3) is 12.2. The Morgan fingerprint density at radius 1 is 0.826 bits per heavy atom. The van der Waals surface area contributed by atoms with E-state index < -0.39 is 17.4 Å². The molecule has 8 heteroatoms. The van der Waals surface area contributed by atoms with E-state index in [9.17, 15) is 8.42 Å². The molecule has 1 rings (SSSR count). The number of benzene rings is 1. The second kappa shape index (κ2) is 10.8. The summed E-state index contributed by atoms with van der Waals surface area (Å²) in [5.74, 6) is 0. The molecule has 0 fully saturated rings. The van der Waals surface area contributed by atoms with Gasteiger partial charge in [0.25, 0.3) is 10.1 Å². The highest BCUT2D eigenvalue weighted by molar-refractivity contribution is 7.85. The van der Waals surface area contributed by atoms with Gasteiger partial charge in [0.2, 0.25) is 0 Å². The molecule has 0 aliphatic heterocycles. The van der Waals surface area contributed by atoms with Gasteiger partial charge in [-0.25, -0.2) is 0 Å². The fraction of sp³-hybridized carbons (Fsp3) is 0.600. The predicted molar refractivity (Wildman–Crippen MR) is 90.7 cm³/mol. The first-order chi connectivity index (χ1) is 10.5. The predicted octanol–water partition coefficient (Wildman–Crippen LogP) is 3.18. The van der Waals surface area contributed by atoms with Crippen LogP contribution in [0.5, 0.6) is 0 Å². The maximum absolute atomic E-state index is 10.4. The van der Waals surface area contributed by atoms with Gasteiger partial charge in [0.15, 0.2) is 0 Å². The molecule has 0 aliphatic rings. The van der Waals surface area contributed by atoms with Crippen LogP contribution in [0.3, 0.4) is 0 Å². The molecule has 0 bridgehead atoms. The molecule has 1 N–H and O–H groups in total. The summed E-state index contributed by atoms with van der Waals surface area (Å²) in [7, 11) is -4.54. The number of hydrogen-bond acceptors (Lipinski definition) is 5. The largest absolute Gasteiger partial charge is 0.639 e. The Kier molecular flexibility index (Phi) is 10.3. The van der Waals surface area contributed by atoms with Crippen molar-refractivity contribution in [2.75, 3.05) is 0 Å². The summed E-state index contributed by atoms with van der Waals surface area (Å²) in [6.07, 6.45) is 0.340. The fourth-order valence-corrected chi connectivity index (χ4v) is 1.86. The molecule has 23 heavy (non-hydrogen) atoms. The van der Waals surface area contributed by atoms with Gasteiger partial charge >= 0.3 is 7.32 Å². The normalized spacial score (nSPS) is 11.6. The molecule has 0 spiro atoms. The average Bonchev–Trinajstić information content (AvgIpc) is 2.37. The van der Waals surface area contributed by atoms with Gasteiger partial charge in [0, 0.05) is 18.3 Å². The zero-order chi connectivity index (χ0) is 18.0. The van der Waals surface area contributed by atoms with Crippen molar-refractivity contribution in [1.82, 2.24) is 0 Å². The van der Waals surface area contributed by atoms with Crippen LogP contribution in [0, 0.1) is 0 Å². The van der Waals surface area contributed by atoms with E-state index in [1.165, 1.54) is 12.1 Å². The highest BCUT2D eigenvalue weighted by Gasteiger charge is 2.25. The Labute approximate surface area is 140 Å². The first-order valence-electron chi connectivity index (χ1n) is 7.51. The summed E-state index contributed by atoms with van der Waals surface area (Å²) in [5.41, 5.74) is 0. The number of hydrogen-bond donors (Lipinski definition) is 1. The standard InChI is InChI=1S/C9H21BO3.C6H6O3S/c1-7(2)11-10(12-8(3)4)13-9(5)6;7-10(8,9)6-4-2-1-3-5-6/h7-9H,1-6H3;1-5H,(H,7,8,9). The van der Waals surface area contributed by atoms with E-state index in [0.29, 0.717) is 0 Å². The lowest BCUT2D eigenvalue weighted by Crippen LogP contribution is -2.34. The molecular formula is C15H27BO6S. The first kappa shape index (κ1) is 22.1. The summed E-state index contributed by atoms with van der Waals surface area (Å²) in [4.78, 5) is -0.0741. The van der Waals surface area contributed by atoms with Crippen LogP contribution < -0.4 is 0 Å². The average molecular weight is 346 g/mol. The van der Waals surface area contributed by atoms with Crippen LogP contribution in [-0.4, -0.2) is 38.6 Å². The van der Waals surface area contributed by atoms with E-state index in [4.69, 9.17) is 18.5 Å². The Bertz CT molecular complexity index is 492. The molecule has 0 amide bonds. The molecule has 0 aromatic heterocycles. The van der Waals surface area contributed by atoms with Crippen LogP contribution in [0.1, 0.15) is 41.5 Å². The molecule has 0 unspecified atom stereocenters. The maximum atomic E-state index is 10.4. The quantitative estimate of drug-likeness (QED) is 0.603. The minimum atomic E-state index is -4.00. The van der Waals surface area contributed by atoms with Gasteiger partial charge in [-0.1, -0.05) is 18.2 Å². The molecule has 0 heterocycles. The summed E-state index contributed by atoms with van der Waals surface area (Å²) in [5, 5.41) is 0. The van der Waals surface area contributed by atoms with Crippen LogP contribution in [-0.2, 0) is 24.1 Å². The minimum Gasteiger partial charge on any atom is -0.384 e. The molecule has 0 radical (unpaired) electrons. The van der Waals surface area contributed by atoms with E-state index in [0.717, 1.165) is 0 Å². The molecule has 0 saturated heterocycles. The van der Waals surface area contributed by atoms with Crippen LogP contribution in [0.25, 0.3) is 0 Å². The van der Waals surface area contributed by atoms with Crippen molar-refractivity contribution in [1.29, 1.82) is 0 Å². The number of rotatable bonds is 7. The lowest BCUT2D eigenvalue weighted by molar-refractivity contribution is 0.0335. The zero-order valence-electron chi connectivity index (χ0n) is 14.6. The topological polar surface area (TPSA) is 82.1 Å². The van der Waals surface area contributed by atoms with E-state index in [1.54, 1.807) is 18.2 Å². The van der Waals surface area contributed by atoms with E-state index in [-0.39, 0.29) is 23.2 Å². The molecule has 0 aliphatic carbocycles. The van der Waals surface area contributed by atoms with Gasteiger partial charge in [-0.2, -0.15) is 8.42 Å². The SMILES string of the molecule is CC(C)OB(OC(C)C)OC(C)C.O=S(=O)(O)c1ccccc1. The van der Waals surface area contributed by atoms with E-state index in [2.05, 4.69) is 0 Å². The Morgan fingerprint density at radius 2 is 1.17 bits per heavy atom. The van der Waals surface area contributed by atoms with Gasteiger partial charge in [0.05, 0.1) is 4.90 Å². The third-order valence-electron chi connectivity index (χ3n) is 2.19. The van der Waals surface area contributed by atoms with Crippen molar-refractivity contribution < 1.29 is 26.9 Å². The molecule has 0 atom stereocenters. The monoisotopic (exact) mass is 346 g/mol. The van der Waals surface area contributed by atoms with Gasteiger partial charge in [-0.3, -0.25) is 4.55 Å². The van der Waals surface area contributed by atoms with E-state index in [1.807, 2.05) is 41.5 Å². The third-order valence-corrected chi connectivity index (χ3v) is 3.06. The molecule has 1 aromatic carbocycles. The van der Waals surface area contributed by atoms with Crippen molar-refractivity contribution in [3.05, 3.63) is 30.3 Å². The summed E-state index contributed by atoms with van der Waals surface area (Å²) in [6, 6.07) is 7.42. The van der Waals surface area contributed by atoms with Gasteiger partial charge < -0.3 is 14.0 Å². The summed E-state index contributed by atoms with van der Waals surface area (Å²) in [6.45, 7) is 11.8. The smallest absolute Gasteiger partial charge is 0.384 e. The van der Waals surface area contributed by atoms with Crippen LogP contribution in [0.2, 0.25) is 0 Å². The second-order valence-electron chi connectivity index (χ2n) is 5.63. The Morgan fingerprint density at radius 3 is 1.39 bits per heavy atom. The van der Waals surface area contributed by atoms with Crippen molar-refractivity contribution in [3.8, 4) is 0 Å². The van der Waals surface area contributed by atoms with Crippen molar-refractivity contribution in [2.24, 2.45) is 0 Å². The molecule has 132 valence electrons. The Balaban J connectivity index is 0.000000433. The highest BCUT2D eigenvalue weighted by atomic mass is 32.2. The Hall–Kier alpha value is -0.925. The van der Waals surface area contributed by atoms with Gasteiger partial charge in [0.1, 0.15) is 0 Å². The lowest BCUT2D eigenvalue weighted by atomic mass is 10.2. The first-order valence-corrected chi connectivity index (χ1v) is 8.95. The molecule has 0 saturated carbocycles. The fourth-order valence-electron chi connectivity index (χ4n) is 1.36. The zero-order valence-corrected chi connectivity index (χ0v) is 15.4. The molecule has 6 nitrogen and oxygen atoms in total. The molecule has 1 aromatic rings. The van der Waals surface area contributed by atoms with Gasteiger partial charge in [-0.05, 0) is 53.7 Å². The van der Waals surface area contributed by atoms with Crippen LogP contribution in [0.4, 0.5) is 0 Å². The second-order valence-corrected chi connectivity index (χ2v) is 7.05. The lowest BCUT2D eigenvalue weighted by Gasteiger charge is -2.20. The van der Waals surface area contributed by atoms with Crippen LogP contribution >= 0.6 is 0 Å². The van der Waals surface area contributed by atoms with Crippen molar-refractivity contribution in [2.45, 2.75) is 64.7 Å².